The van der Waals surface area contributed by atoms with Gasteiger partial charge in [-0.25, -0.2) is 4.79 Å². The van der Waals surface area contributed by atoms with Crippen LogP contribution in [0, 0.1) is 21.4 Å². The van der Waals surface area contributed by atoms with Crippen LogP contribution in [0.15, 0.2) is 57.2 Å². The van der Waals surface area contributed by atoms with Crippen molar-refractivity contribution in [2.75, 3.05) is 24.6 Å². The predicted molar refractivity (Wildman–Crippen MR) is 128 cm³/mol. The van der Waals surface area contributed by atoms with E-state index in [2.05, 4.69) is 26.2 Å². The van der Waals surface area contributed by atoms with Gasteiger partial charge in [0.05, 0.1) is 21.6 Å². The largest absolute Gasteiger partial charge is 0.462 e. The quantitative estimate of drug-likeness (QED) is 0.116. The lowest BCUT2D eigenvalue weighted by molar-refractivity contribution is -0.384. The Hall–Kier alpha value is -3.62. The Bertz CT molecular complexity index is 1310. The number of hydrogen-bond donors (Lipinski definition) is 0. The second-order valence-corrected chi connectivity index (χ2v) is 8.76. The molecular weight excluding hydrogens is 510 g/mol. The first-order valence-corrected chi connectivity index (χ1v) is 11.5. The highest BCUT2D eigenvalue weighted by Crippen LogP contribution is 2.50. The van der Waals surface area contributed by atoms with E-state index in [9.17, 15) is 20.2 Å². The van der Waals surface area contributed by atoms with Crippen LogP contribution in [0.1, 0.15) is 22.8 Å². The third-order valence-corrected chi connectivity index (χ3v) is 6.51. The zero-order chi connectivity index (χ0) is 23.5. The summed E-state index contributed by atoms with van der Waals surface area (Å²) in [5.41, 5.74) is 1.76. The number of rotatable bonds is 7. The molecule has 0 amide bonds. The number of carbonyl (C=O) groups is 1. The van der Waals surface area contributed by atoms with Gasteiger partial charge in [-0.05, 0) is 28.4 Å². The van der Waals surface area contributed by atoms with E-state index in [0.717, 1.165) is 29.7 Å². The number of anilines is 1. The Morgan fingerprint density at radius 2 is 2.03 bits per heavy atom. The van der Waals surface area contributed by atoms with E-state index < -0.39 is 10.9 Å². The zero-order valence-corrected chi connectivity index (χ0v) is 19.7. The smallest absolute Gasteiger partial charge is 0.341 e. The summed E-state index contributed by atoms with van der Waals surface area (Å²) in [6, 6.07) is 13.7. The Morgan fingerprint density at radius 3 is 2.64 bits per heavy atom. The summed E-state index contributed by atoms with van der Waals surface area (Å²) < 4.78 is 5.60. The SMILES string of the molecule is CCOC(=O)c1c(N2CC2)sc(N=Nc2c(Br)cc([N+](=O)[O-])cc2C#N)c1-c1ccccc1. The summed E-state index contributed by atoms with van der Waals surface area (Å²) >= 11 is 4.56. The van der Waals surface area contributed by atoms with Crippen LogP contribution < -0.4 is 4.90 Å². The number of carbonyl (C=O) groups excluding carboxylic acids is 1. The molecule has 11 heteroatoms. The van der Waals surface area contributed by atoms with Crippen molar-refractivity contribution >= 4 is 54.6 Å². The number of halogens is 1. The molecule has 0 N–H and O–H groups in total. The van der Waals surface area contributed by atoms with Gasteiger partial charge in [0.15, 0.2) is 0 Å². The molecule has 0 radical (unpaired) electrons. The molecule has 1 aliphatic heterocycles. The minimum Gasteiger partial charge on any atom is -0.462 e. The maximum atomic E-state index is 12.9. The average molecular weight is 526 g/mol. The van der Waals surface area contributed by atoms with Crippen LogP contribution in [0.25, 0.3) is 11.1 Å². The number of thiophene rings is 1. The fraction of sp³-hybridized carbons (Fsp3) is 0.182. The molecular formula is C22H16BrN5O4S. The first-order chi connectivity index (χ1) is 15.9. The van der Waals surface area contributed by atoms with Crippen molar-refractivity contribution in [3.8, 4) is 17.2 Å². The molecule has 1 aliphatic rings. The highest BCUT2D eigenvalue weighted by Gasteiger charge is 2.33. The van der Waals surface area contributed by atoms with Crippen molar-refractivity contribution in [1.29, 1.82) is 5.26 Å². The van der Waals surface area contributed by atoms with Crippen molar-refractivity contribution in [2.24, 2.45) is 10.2 Å². The number of azo groups is 1. The fourth-order valence-corrected chi connectivity index (χ4v) is 4.90. The molecule has 9 nitrogen and oxygen atoms in total. The highest BCUT2D eigenvalue weighted by atomic mass is 79.9. The van der Waals surface area contributed by atoms with Gasteiger partial charge in [0.1, 0.15) is 27.3 Å². The van der Waals surface area contributed by atoms with Gasteiger partial charge >= 0.3 is 5.97 Å². The summed E-state index contributed by atoms with van der Waals surface area (Å²) in [6.07, 6.45) is 0. The first kappa shape index (κ1) is 22.6. The Kier molecular flexibility index (Phi) is 6.48. The van der Waals surface area contributed by atoms with E-state index in [-0.39, 0.29) is 28.0 Å². The van der Waals surface area contributed by atoms with Crippen LogP contribution >= 0.6 is 27.3 Å². The van der Waals surface area contributed by atoms with E-state index in [1.54, 1.807) is 6.92 Å². The Balaban J connectivity index is 1.88. The monoisotopic (exact) mass is 525 g/mol. The number of nitrogens with zero attached hydrogens (tertiary/aromatic N) is 5. The summed E-state index contributed by atoms with van der Waals surface area (Å²) in [5, 5.41) is 30.5. The highest BCUT2D eigenvalue weighted by molar-refractivity contribution is 9.10. The molecule has 0 bridgehead atoms. The van der Waals surface area contributed by atoms with E-state index in [4.69, 9.17) is 4.74 Å². The molecule has 1 fully saturated rings. The number of nitriles is 1. The van der Waals surface area contributed by atoms with Crippen LogP contribution in [0.4, 0.5) is 21.4 Å². The number of non-ortho nitro benzene ring substituents is 1. The van der Waals surface area contributed by atoms with Gasteiger partial charge in [0.2, 0.25) is 0 Å². The van der Waals surface area contributed by atoms with Gasteiger partial charge in [-0.15, -0.1) is 10.2 Å². The Morgan fingerprint density at radius 1 is 1.30 bits per heavy atom. The maximum absolute atomic E-state index is 12.9. The topological polar surface area (TPSA) is 121 Å². The molecule has 2 heterocycles. The number of esters is 1. The summed E-state index contributed by atoms with van der Waals surface area (Å²) in [5.74, 6) is -0.440. The molecule has 0 aliphatic carbocycles. The minimum atomic E-state index is -0.582. The van der Waals surface area contributed by atoms with Gasteiger partial charge in [-0.3, -0.25) is 10.1 Å². The van der Waals surface area contributed by atoms with Gasteiger partial charge in [-0.2, -0.15) is 5.26 Å². The molecule has 3 aromatic rings. The lowest BCUT2D eigenvalue weighted by atomic mass is 10.0. The van der Waals surface area contributed by atoms with Crippen molar-refractivity contribution < 1.29 is 14.5 Å². The van der Waals surface area contributed by atoms with Crippen molar-refractivity contribution in [2.45, 2.75) is 6.92 Å². The molecule has 0 spiro atoms. The number of nitro groups is 1. The van der Waals surface area contributed by atoms with Crippen LogP contribution in [0.3, 0.4) is 0 Å². The molecule has 166 valence electrons. The van der Waals surface area contributed by atoms with Crippen molar-refractivity contribution in [3.05, 3.63) is 68.2 Å². The molecule has 4 rings (SSSR count). The average Bonchev–Trinajstić information content (AvgIpc) is 3.58. The summed E-state index contributed by atoms with van der Waals surface area (Å²) in [6.45, 7) is 3.63. The molecule has 0 unspecified atom stereocenters. The molecule has 2 aromatic carbocycles. The van der Waals surface area contributed by atoms with Gasteiger partial charge in [0.25, 0.3) is 5.69 Å². The number of hydrogen-bond acceptors (Lipinski definition) is 9. The third kappa shape index (κ3) is 4.62. The van der Waals surface area contributed by atoms with Crippen molar-refractivity contribution in [3.63, 3.8) is 0 Å². The van der Waals surface area contributed by atoms with Crippen LogP contribution in [0.5, 0.6) is 0 Å². The lowest BCUT2D eigenvalue weighted by Crippen LogP contribution is -2.08. The van der Waals surface area contributed by atoms with Crippen molar-refractivity contribution in [1.82, 2.24) is 0 Å². The second-order valence-electron chi connectivity index (χ2n) is 6.93. The molecule has 1 saturated heterocycles. The number of nitro benzene ring substituents is 1. The molecule has 33 heavy (non-hydrogen) atoms. The zero-order valence-electron chi connectivity index (χ0n) is 17.3. The Labute approximate surface area is 201 Å². The van der Waals surface area contributed by atoms with Crippen LogP contribution in [-0.4, -0.2) is 30.6 Å². The molecule has 1 aromatic heterocycles. The number of benzene rings is 2. The first-order valence-electron chi connectivity index (χ1n) is 9.88. The van der Waals surface area contributed by atoms with Crippen LogP contribution in [0.2, 0.25) is 0 Å². The summed E-state index contributed by atoms with van der Waals surface area (Å²) in [4.78, 5) is 25.5. The van der Waals surface area contributed by atoms with Gasteiger partial charge in [0, 0.05) is 30.8 Å². The standard InChI is InChI=1S/C22H16BrN5O4S/c1-2-32-22(29)18-17(13-6-4-3-5-7-13)20(33-21(18)27-8-9-27)26-25-19-14(12-24)10-15(28(30)31)11-16(19)23/h3-7,10-11H,2,8-9H2,1H3. The molecule has 0 atom stereocenters. The predicted octanol–water partition coefficient (Wildman–Crippen LogP) is 6.37. The van der Waals surface area contributed by atoms with E-state index >= 15 is 0 Å². The normalized spacial score (nSPS) is 12.6. The van der Waals surface area contributed by atoms with E-state index in [1.807, 2.05) is 41.3 Å². The van der Waals surface area contributed by atoms with Gasteiger partial charge < -0.3 is 9.64 Å². The minimum absolute atomic E-state index is 0.00873. The second kappa shape index (κ2) is 9.48. The summed E-state index contributed by atoms with van der Waals surface area (Å²) in [7, 11) is 0. The van der Waals surface area contributed by atoms with E-state index in [0.29, 0.717) is 16.1 Å². The maximum Gasteiger partial charge on any atom is 0.341 e. The van der Waals surface area contributed by atoms with E-state index in [1.165, 1.54) is 17.4 Å². The fourth-order valence-electron chi connectivity index (χ4n) is 3.19. The van der Waals surface area contributed by atoms with Crippen LogP contribution in [-0.2, 0) is 4.74 Å². The van der Waals surface area contributed by atoms with Gasteiger partial charge in [-0.1, -0.05) is 41.7 Å². The lowest BCUT2D eigenvalue weighted by Gasteiger charge is -2.08. The number of ether oxygens (including phenoxy) is 1. The molecule has 0 saturated carbocycles. The third-order valence-electron chi connectivity index (χ3n) is 4.77.